The van der Waals surface area contributed by atoms with Crippen LogP contribution in [0.2, 0.25) is 0 Å². The van der Waals surface area contributed by atoms with Crippen molar-refractivity contribution in [3.8, 4) is 16.9 Å². The van der Waals surface area contributed by atoms with Crippen LogP contribution in [-0.4, -0.2) is 21.7 Å². The van der Waals surface area contributed by atoms with Gasteiger partial charge in [-0.1, -0.05) is 18.2 Å². The lowest BCUT2D eigenvalue weighted by Crippen LogP contribution is -2.28. The fourth-order valence-corrected chi connectivity index (χ4v) is 2.77. The number of halogens is 6. The molecule has 0 aliphatic carbocycles. The molecule has 0 saturated heterocycles. The van der Waals surface area contributed by atoms with E-state index in [4.69, 9.17) is 0 Å². The van der Waals surface area contributed by atoms with Gasteiger partial charge in [0.2, 0.25) is 0 Å². The predicted molar refractivity (Wildman–Crippen MR) is 85.4 cm³/mol. The molecule has 0 saturated carbocycles. The Kier molecular flexibility index (Phi) is 4.44. The van der Waals surface area contributed by atoms with Gasteiger partial charge < -0.3 is 4.74 Å². The largest absolute Gasteiger partial charge is 0.573 e. The van der Waals surface area contributed by atoms with Gasteiger partial charge >= 0.3 is 18.2 Å². The fraction of sp³-hybridized carbons (Fsp3) is 0.235. The molecule has 0 radical (unpaired) electrons. The van der Waals surface area contributed by atoms with Crippen molar-refractivity contribution < 1.29 is 31.1 Å². The molecule has 2 aromatic carbocycles. The van der Waals surface area contributed by atoms with Gasteiger partial charge in [-0.25, -0.2) is 4.79 Å². The van der Waals surface area contributed by atoms with Gasteiger partial charge in [0.1, 0.15) is 12.3 Å². The van der Waals surface area contributed by atoms with Crippen LogP contribution in [0.3, 0.4) is 0 Å². The first-order valence-electron chi connectivity index (χ1n) is 7.57. The average molecular weight is 390 g/mol. The molecular weight excluding hydrogens is 378 g/mol. The van der Waals surface area contributed by atoms with Crippen LogP contribution in [0, 0.1) is 0 Å². The molecule has 3 aromatic rings. The first-order chi connectivity index (χ1) is 12.4. The Morgan fingerprint density at radius 2 is 1.48 bits per heavy atom. The second-order valence-corrected chi connectivity index (χ2v) is 5.82. The highest BCUT2D eigenvalue weighted by Crippen LogP contribution is 2.29. The molecule has 1 aromatic heterocycles. The number of benzene rings is 2. The summed E-state index contributed by atoms with van der Waals surface area (Å²) < 4.78 is 80.5. The third-order valence-electron chi connectivity index (χ3n) is 3.90. The third-order valence-corrected chi connectivity index (χ3v) is 3.90. The SMILES string of the molecule is Cn1c(=O)n(CC(F)(F)F)c2cc(-c3ccc(OC(F)(F)F)cc3)ccc21. The standard InChI is InChI=1S/C17H12F6N2O2/c1-24-13-7-4-11(8-14(13)25(15(24)26)9-16(18,19)20)10-2-5-12(6-3-10)27-17(21,22)23/h2-8H,9H2,1H3. The van der Waals surface area contributed by atoms with Crippen molar-refractivity contribution in [1.82, 2.24) is 9.13 Å². The van der Waals surface area contributed by atoms with Gasteiger partial charge in [0.15, 0.2) is 0 Å². The summed E-state index contributed by atoms with van der Waals surface area (Å²) in [4.78, 5) is 12.1. The van der Waals surface area contributed by atoms with Gasteiger partial charge in [0.25, 0.3) is 0 Å². The molecule has 0 unspecified atom stereocenters. The Balaban J connectivity index is 2.03. The second kappa shape index (κ2) is 6.36. The van der Waals surface area contributed by atoms with E-state index in [9.17, 15) is 31.1 Å². The van der Waals surface area contributed by atoms with E-state index >= 15 is 0 Å². The van der Waals surface area contributed by atoms with Gasteiger partial charge in [0, 0.05) is 7.05 Å². The summed E-state index contributed by atoms with van der Waals surface area (Å²) in [5.41, 5.74) is 0.482. The summed E-state index contributed by atoms with van der Waals surface area (Å²) in [6, 6.07) is 9.33. The molecule has 0 N–H and O–H groups in total. The first-order valence-corrected chi connectivity index (χ1v) is 7.57. The second-order valence-electron chi connectivity index (χ2n) is 5.82. The quantitative estimate of drug-likeness (QED) is 0.619. The predicted octanol–water partition coefficient (Wildman–Crippen LogP) is 4.47. The minimum absolute atomic E-state index is 0.0768. The van der Waals surface area contributed by atoms with Crippen LogP contribution in [0.4, 0.5) is 26.3 Å². The number of rotatable bonds is 3. The van der Waals surface area contributed by atoms with E-state index in [0.717, 1.165) is 16.7 Å². The molecular formula is C17H12F6N2O2. The monoisotopic (exact) mass is 390 g/mol. The van der Waals surface area contributed by atoms with Crippen molar-refractivity contribution in [3.05, 3.63) is 52.9 Å². The van der Waals surface area contributed by atoms with Crippen LogP contribution in [0.15, 0.2) is 47.3 Å². The van der Waals surface area contributed by atoms with Crippen molar-refractivity contribution >= 4 is 11.0 Å². The summed E-state index contributed by atoms with van der Waals surface area (Å²) in [6.45, 7) is -1.44. The number of imidazole rings is 1. The van der Waals surface area contributed by atoms with Crippen LogP contribution in [0.1, 0.15) is 0 Å². The number of alkyl halides is 6. The number of hydrogen-bond donors (Lipinski definition) is 0. The van der Waals surface area contributed by atoms with Crippen molar-refractivity contribution in [3.63, 3.8) is 0 Å². The van der Waals surface area contributed by atoms with Crippen LogP contribution in [0.25, 0.3) is 22.2 Å². The Morgan fingerprint density at radius 3 is 2.04 bits per heavy atom. The van der Waals surface area contributed by atoms with E-state index in [0.29, 0.717) is 21.2 Å². The number of nitrogens with zero attached hydrogens (tertiary/aromatic N) is 2. The molecule has 3 rings (SSSR count). The molecule has 0 aliphatic rings. The van der Waals surface area contributed by atoms with Crippen molar-refractivity contribution in [2.24, 2.45) is 7.05 Å². The number of aromatic nitrogens is 2. The van der Waals surface area contributed by atoms with Gasteiger partial charge in [-0.2, -0.15) is 13.2 Å². The topological polar surface area (TPSA) is 36.2 Å². The number of aryl methyl sites for hydroxylation is 1. The maximum absolute atomic E-state index is 12.8. The highest BCUT2D eigenvalue weighted by atomic mass is 19.4. The smallest absolute Gasteiger partial charge is 0.406 e. The van der Waals surface area contributed by atoms with E-state index in [1.807, 2.05) is 0 Å². The van der Waals surface area contributed by atoms with Gasteiger partial charge in [-0.15, -0.1) is 13.2 Å². The van der Waals surface area contributed by atoms with Gasteiger partial charge in [-0.3, -0.25) is 9.13 Å². The molecule has 0 amide bonds. The maximum Gasteiger partial charge on any atom is 0.573 e. The maximum atomic E-state index is 12.8. The molecule has 144 valence electrons. The molecule has 0 aliphatic heterocycles. The highest BCUT2D eigenvalue weighted by Gasteiger charge is 2.31. The molecule has 0 fully saturated rings. The summed E-state index contributed by atoms with van der Waals surface area (Å²) in [5, 5.41) is 0. The number of ether oxygens (including phenoxy) is 1. The molecule has 4 nitrogen and oxygen atoms in total. The number of hydrogen-bond acceptors (Lipinski definition) is 2. The van der Waals surface area contributed by atoms with E-state index in [1.54, 1.807) is 6.07 Å². The van der Waals surface area contributed by atoms with Crippen LogP contribution in [0.5, 0.6) is 5.75 Å². The molecule has 0 bridgehead atoms. The Hall–Kier alpha value is -2.91. The normalized spacial score (nSPS) is 12.6. The zero-order valence-corrected chi connectivity index (χ0v) is 13.7. The van der Waals surface area contributed by atoms with Gasteiger partial charge in [-0.05, 0) is 35.4 Å². The van der Waals surface area contributed by atoms with Crippen molar-refractivity contribution in [2.45, 2.75) is 19.1 Å². The molecule has 0 spiro atoms. The summed E-state index contributed by atoms with van der Waals surface area (Å²) in [7, 11) is 1.36. The first kappa shape index (κ1) is 18.9. The minimum Gasteiger partial charge on any atom is -0.406 e. The Morgan fingerprint density at radius 1 is 0.889 bits per heavy atom. The molecule has 0 atom stereocenters. The van der Waals surface area contributed by atoms with E-state index < -0.39 is 30.5 Å². The Bertz CT molecular complexity index is 1030. The van der Waals surface area contributed by atoms with Crippen molar-refractivity contribution in [1.29, 1.82) is 0 Å². The molecule has 1 heterocycles. The summed E-state index contributed by atoms with van der Waals surface area (Å²) >= 11 is 0. The third kappa shape index (κ3) is 4.09. The van der Waals surface area contributed by atoms with E-state index in [2.05, 4.69) is 4.74 Å². The fourth-order valence-electron chi connectivity index (χ4n) is 2.77. The summed E-state index contributed by atoms with van der Waals surface area (Å²) in [6.07, 6.45) is -9.40. The number of fused-ring (bicyclic) bond motifs is 1. The molecule has 27 heavy (non-hydrogen) atoms. The minimum atomic E-state index is -4.82. The van der Waals surface area contributed by atoms with Crippen LogP contribution < -0.4 is 10.4 Å². The molecule has 10 heteroatoms. The Labute approximate surface area is 148 Å². The lowest BCUT2D eigenvalue weighted by Gasteiger charge is -2.10. The zero-order chi connectivity index (χ0) is 20.0. The van der Waals surface area contributed by atoms with Crippen molar-refractivity contribution in [2.75, 3.05) is 0 Å². The van der Waals surface area contributed by atoms with E-state index in [-0.39, 0.29) is 5.52 Å². The van der Waals surface area contributed by atoms with Crippen LogP contribution in [-0.2, 0) is 13.6 Å². The lowest BCUT2D eigenvalue weighted by atomic mass is 10.0. The van der Waals surface area contributed by atoms with E-state index in [1.165, 1.54) is 31.3 Å². The summed E-state index contributed by atoms with van der Waals surface area (Å²) in [5.74, 6) is -0.416. The van der Waals surface area contributed by atoms with Crippen LogP contribution >= 0.6 is 0 Å². The highest BCUT2D eigenvalue weighted by molar-refractivity contribution is 5.82. The zero-order valence-electron chi connectivity index (χ0n) is 13.7. The average Bonchev–Trinajstić information content (AvgIpc) is 2.77. The van der Waals surface area contributed by atoms with Gasteiger partial charge in [0.05, 0.1) is 11.0 Å². The lowest BCUT2D eigenvalue weighted by molar-refractivity contribution is -0.274.